The molecule has 1 heterocycles. The van der Waals surface area contributed by atoms with Crippen molar-refractivity contribution in [2.24, 2.45) is 0 Å². The molecule has 1 aromatic carbocycles. The van der Waals surface area contributed by atoms with E-state index in [0.29, 0.717) is 36.7 Å². The minimum absolute atomic E-state index is 0.0218. The molecule has 1 atom stereocenters. The topological polar surface area (TPSA) is 84.9 Å². The lowest BCUT2D eigenvalue weighted by molar-refractivity contribution is -0.137. The molecule has 0 radical (unpaired) electrons. The molecule has 1 unspecified atom stereocenters. The highest BCUT2D eigenvalue weighted by molar-refractivity contribution is 5.98. The molecule has 2 N–H and O–H groups in total. The van der Waals surface area contributed by atoms with Crippen LogP contribution < -0.4 is 14.8 Å². The Balaban J connectivity index is 2.04. The maximum Gasteiger partial charge on any atom is 0.303 e. The molecule has 1 aliphatic heterocycles. The zero-order chi connectivity index (χ0) is 14.5. The van der Waals surface area contributed by atoms with E-state index in [4.69, 9.17) is 14.6 Å². The molecule has 1 amide bonds. The van der Waals surface area contributed by atoms with Crippen molar-refractivity contribution in [2.75, 3.05) is 13.2 Å². The average molecular weight is 279 g/mol. The fourth-order valence-corrected chi connectivity index (χ4v) is 1.97. The number of carbonyl (C=O) groups is 2. The van der Waals surface area contributed by atoms with E-state index in [9.17, 15) is 9.59 Å². The van der Waals surface area contributed by atoms with Crippen LogP contribution in [0, 0.1) is 0 Å². The summed E-state index contributed by atoms with van der Waals surface area (Å²) in [7, 11) is 0. The van der Waals surface area contributed by atoms with Gasteiger partial charge in [-0.05, 0) is 25.5 Å². The first kappa shape index (κ1) is 14.2. The number of hydrogen-bond acceptors (Lipinski definition) is 4. The SMILES string of the molecule is CC(CCC(=O)O)NC(=O)c1cccc2c1OCCO2. The van der Waals surface area contributed by atoms with E-state index < -0.39 is 5.97 Å². The number of carboxylic acids is 1. The third kappa shape index (κ3) is 3.40. The Morgan fingerprint density at radius 1 is 1.35 bits per heavy atom. The maximum absolute atomic E-state index is 12.2. The lowest BCUT2D eigenvalue weighted by atomic mass is 10.1. The molecule has 2 rings (SSSR count). The highest BCUT2D eigenvalue weighted by atomic mass is 16.6. The quantitative estimate of drug-likeness (QED) is 0.852. The number of carboxylic acid groups (broad SMARTS) is 1. The lowest BCUT2D eigenvalue weighted by Crippen LogP contribution is -2.33. The summed E-state index contributed by atoms with van der Waals surface area (Å²) in [6, 6.07) is 4.91. The van der Waals surface area contributed by atoms with Gasteiger partial charge in [0.25, 0.3) is 5.91 Å². The summed E-state index contributed by atoms with van der Waals surface area (Å²) in [5.41, 5.74) is 0.407. The maximum atomic E-state index is 12.2. The molecule has 0 saturated heterocycles. The van der Waals surface area contributed by atoms with Crippen molar-refractivity contribution >= 4 is 11.9 Å². The molecule has 20 heavy (non-hydrogen) atoms. The molecule has 0 saturated carbocycles. The Hall–Kier alpha value is -2.24. The monoisotopic (exact) mass is 279 g/mol. The summed E-state index contributed by atoms with van der Waals surface area (Å²) in [6.45, 7) is 2.65. The highest BCUT2D eigenvalue weighted by Crippen LogP contribution is 2.33. The van der Waals surface area contributed by atoms with Gasteiger partial charge in [0.05, 0.1) is 5.56 Å². The fraction of sp³-hybridized carbons (Fsp3) is 0.429. The molecule has 0 aromatic heterocycles. The number of para-hydroxylation sites is 1. The lowest BCUT2D eigenvalue weighted by Gasteiger charge is -2.21. The van der Waals surface area contributed by atoms with Crippen LogP contribution in [-0.2, 0) is 4.79 Å². The van der Waals surface area contributed by atoms with Crippen molar-refractivity contribution in [3.63, 3.8) is 0 Å². The van der Waals surface area contributed by atoms with Gasteiger partial charge in [-0.2, -0.15) is 0 Å². The van der Waals surface area contributed by atoms with Crippen molar-refractivity contribution in [3.8, 4) is 11.5 Å². The van der Waals surface area contributed by atoms with Crippen molar-refractivity contribution in [1.82, 2.24) is 5.32 Å². The minimum atomic E-state index is -0.875. The van der Waals surface area contributed by atoms with Gasteiger partial charge in [0, 0.05) is 12.5 Å². The number of aliphatic carboxylic acids is 1. The van der Waals surface area contributed by atoms with E-state index >= 15 is 0 Å². The number of benzene rings is 1. The van der Waals surface area contributed by atoms with Gasteiger partial charge < -0.3 is 19.9 Å². The predicted molar refractivity (Wildman–Crippen MR) is 71.2 cm³/mol. The van der Waals surface area contributed by atoms with Crippen molar-refractivity contribution in [3.05, 3.63) is 23.8 Å². The number of fused-ring (bicyclic) bond motifs is 1. The highest BCUT2D eigenvalue weighted by Gasteiger charge is 2.21. The Morgan fingerprint density at radius 3 is 2.85 bits per heavy atom. The smallest absolute Gasteiger partial charge is 0.303 e. The zero-order valence-corrected chi connectivity index (χ0v) is 11.2. The summed E-state index contributed by atoms with van der Waals surface area (Å²) >= 11 is 0. The Labute approximate surface area is 116 Å². The van der Waals surface area contributed by atoms with Crippen LogP contribution in [0.25, 0.3) is 0 Å². The molecule has 1 aliphatic rings. The first-order chi connectivity index (χ1) is 9.58. The standard InChI is InChI=1S/C14H17NO5/c1-9(5-6-12(16)17)15-14(18)10-3-2-4-11-13(10)20-8-7-19-11/h2-4,9H,5-8H2,1H3,(H,15,18)(H,16,17). The largest absolute Gasteiger partial charge is 0.486 e. The molecule has 6 heteroatoms. The normalized spacial score (nSPS) is 14.4. The predicted octanol–water partition coefficient (Wildman–Crippen LogP) is 1.44. The molecule has 0 bridgehead atoms. The van der Waals surface area contributed by atoms with E-state index in [-0.39, 0.29) is 18.4 Å². The van der Waals surface area contributed by atoms with Gasteiger partial charge in [-0.1, -0.05) is 6.07 Å². The Kier molecular flexibility index (Phi) is 4.45. The Bertz CT molecular complexity index is 514. The van der Waals surface area contributed by atoms with Gasteiger partial charge >= 0.3 is 5.97 Å². The first-order valence-electron chi connectivity index (χ1n) is 6.49. The van der Waals surface area contributed by atoms with Gasteiger partial charge in [-0.25, -0.2) is 0 Å². The molecule has 0 spiro atoms. The van der Waals surface area contributed by atoms with E-state index in [0.717, 1.165) is 0 Å². The summed E-state index contributed by atoms with van der Waals surface area (Å²) < 4.78 is 10.9. The third-order valence-electron chi connectivity index (χ3n) is 2.98. The van der Waals surface area contributed by atoms with Crippen molar-refractivity contribution < 1.29 is 24.2 Å². The average Bonchev–Trinajstić information content (AvgIpc) is 2.44. The molecule has 1 aromatic rings. The molecular weight excluding hydrogens is 262 g/mol. The van der Waals surface area contributed by atoms with Gasteiger partial charge in [-0.15, -0.1) is 0 Å². The number of hydrogen-bond donors (Lipinski definition) is 2. The van der Waals surface area contributed by atoms with Gasteiger partial charge in [0.15, 0.2) is 11.5 Å². The van der Waals surface area contributed by atoms with Crippen molar-refractivity contribution in [2.45, 2.75) is 25.8 Å². The van der Waals surface area contributed by atoms with Crippen LogP contribution in [0.3, 0.4) is 0 Å². The van der Waals surface area contributed by atoms with E-state index in [1.54, 1.807) is 25.1 Å². The minimum Gasteiger partial charge on any atom is -0.486 e. The van der Waals surface area contributed by atoms with Crippen LogP contribution in [0.4, 0.5) is 0 Å². The third-order valence-corrected chi connectivity index (χ3v) is 2.98. The first-order valence-corrected chi connectivity index (χ1v) is 6.49. The van der Waals surface area contributed by atoms with E-state index in [2.05, 4.69) is 5.32 Å². The van der Waals surface area contributed by atoms with E-state index in [1.807, 2.05) is 0 Å². The second-order valence-electron chi connectivity index (χ2n) is 4.64. The zero-order valence-electron chi connectivity index (χ0n) is 11.2. The second-order valence-corrected chi connectivity index (χ2v) is 4.64. The van der Waals surface area contributed by atoms with Crippen LogP contribution in [0.2, 0.25) is 0 Å². The second kappa shape index (κ2) is 6.27. The fourth-order valence-electron chi connectivity index (χ4n) is 1.97. The molecule has 0 aliphatic carbocycles. The van der Waals surface area contributed by atoms with Gasteiger partial charge in [0.1, 0.15) is 13.2 Å². The Morgan fingerprint density at radius 2 is 2.10 bits per heavy atom. The van der Waals surface area contributed by atoms with Crippen LogP contribution >= 0.6 is 0 Å². The van der Waals surface area contributed by atoms with Crippen LogP contribution in [0.15, 0.2) is 18.2 Å². The van der Waals surface area contributed by atoms with Crippen LogP contribution in [0.1, 0.15) is 30.1 Å². The van der Waals surface area contributed by atoms with Crippen LogP contribution in [0.5, 0.6) is 11.5 Å². The number of nitrogens with one attached hydrogen (secondary N) is 1. The summed E-state index contributed by atoms with van der Waals surface area (Å²) in [5, 5.41) is 11.4. The van der Waals surface area contributed by atoms with E-state index in [1.165, 1.54) is 0 Å². The summed E-state index contributed by atoms with van der Waals surface area (Å²) in [5.74, 6) is -0.158. The number of carbonyl (C=O) groups excluding carboxylic acids is 1. The van der Waals surface area contributed by atoms with Gasteiger partial charge in [-0.3, -0.25) is 9.59 Å². The number of rotatable bonds is 5. The van der Waals surface area contributed by atoms with Gasteiger partial charge in [0.2, 0.25) is 0 Å². The van der Waals surface area contributed by atoms with Crippen molar-refractivity contribution in [1.29, 1.82) is 0 Å². The molecule has 108 valence electrons. The molecule has 6 nitrogen and oxygen atoms in total. The number of ether oxygens (including phenoxy) is 2. The molecular formula is C14H17NO5. The molecule has 0 fully saturated rings. The van der Waals surface area contributed by atoms with Crippen LogP contribution in [-0.4, -0.2) is 36.2 Å². The summed E-state index contributed by atoms with van der Waals surface area (Å²) in [6.07, 6.45) is 0.404. The summed E-state index contributed by atoms with van der Waals surface area (Å²) in [4.78, 5) is 22.7. The number of amides is 1.